The summed E-state index contributed by atoms with van der Waals surface area (Å²) < 4.78 is 0. The quantitative estimate of drug-likeness (QED) is 0.624. The van der Waals surface area contributed by atoms with Crippen molar-refractivity contribution in [3.8, 4) is 0 Å². The lowest BCUT2D eigenvalue weighted by Crippen LogP contribution is -2.11. The van der Waals surface area contributed by atoms with E-state index in [0.29, 0.717) is 13.0 Å². The van der Waals surface area contributed by atoms with Crippen LogP contribution in [0.1, 0.15) is 31.5 Å². The average molecular weight is 350 g/mol. The van der Waals surface area contributed by atoms with Crippen molar-refractivity contribution in [1.82, 2.24) is 4.98 Å². The van der Waals surface area contributed by atoms with Crippen molar-refractivity contribution in [2.45, 2.75) is 32.6 Å². The third-order valence-electron chi connectivity index (χ3n) is 3.28. The zero-order chi connectivity index (χ0) is 17.9. The molecule has 9 heteroatoms. The minimum Gasteiger partial charge on any atom is -0.379 e. The summed E-state index contributed by atoms with van der Waals surface area (Å²) in [6.45, 7) is 6.72. The topological polar surface area (TPSA) is 111 Å². The van der Waals surface area contributed by atoms with Gasteiger partial charge in [0.2, 0.25) is 0 Å². The summed E-state index contributed by atoms with van der Waals surface area (Å²) in [5, 5.41) is 27.8. The summed E-state index contributed by atoms with van der Waals surface area (Å²) >= 11 is 1.59. The SMILES string of the molecule is CC(C)(C)c1nc(CCNc2ccc([N+](=O)[O-])cc2[N+](=O)[O-])cs1. The molecule has 128 valence electrons. The van der Waals surface area contributed by atoms with Crippen LogP contribution in [0.25, 0.3) is 0 Å². The zero-order valence-corrected chi connectivity index (χ0v) is 14.4. The number of benzene rings is 1. The number of nitrogens with zero attached hydrogens (tertiary/aromatic N) is 3. The first-order chi connectivity index (χ1) is 11.2. The molecule has 0 aliphatic rings. The van der Waals surface area contributed by atoms with Crippen LogP contribution in [0.2, 0.25) is 0 Å². The number of hydrogen-bond acceptors (Lipinski definition) is 7. The standard InChI is InChI=1S/C15H18N4O4S/c1-15(2,3)14-17-10(9-24-14)6-7-16-12-5-4-11(18(20)21)8-13(12)19(22)23/h4-5,8-9,16H,6-7H2,1-3H3. The Labute approximate surface area is 142 Å². The van der Waals surface area contributed by atoms with E-state index >= 15 is 0 Å². The van der Waals surface area contributed by atoms with Crippen molar-refractivity contribution >= 4 is 28.4 Å². The lowest BCUT2D eigenvalue weighted by Gasteiger charge is -2.13. The fraction of sp³-hybridized carbons (Fsp3) is 0.400. The maximum Gasteiger partial charge on any atom is 0.299 e. The molecule has 0 aliphatic carbocycles. The Morgan fingerprint density at radius 1 is 1.21 bits per heavy atom. The highest BCUT2D eigenvalue weighted by atomic mass is 32.1. The highest BCUT2D eigenvalue weighted by molar-refractivity contribution is 7.09. The van der Waals surface area contributed by atoms with E-state index < -0.39 is 9.85 Å². The molecule has 1 aromatic carbocycles. The van der Waals surface area contributed by atoms with Crippen molar-refractivity contribution in [1.29, 1.82) is 0 Å². The van der Waals surface area contributed by atoms with Crippen LogP contribution in [-0.2, 0) is 11.8 Å². The minimum absolute atomic E-state index is 0.00645. The Morgan fingerprint density at radius 2 is 1.92 bits per heavy atom. The van der Waals surface area contributed by atoms with E-state index in [1.807, 2.05) is 5.38 Å². The molecular formula is C15H18N4O4S. The monoisotopic (exact) mass is 350 g/mol. The third kappa shape index (κ3) is 4.25. The van der Waals surface area contributed by atoms with Gasteiger partial charge in [0, 0.05) is 29.8 Å². The van der Waals surface area contributed by atoms with Crippen molar-refractivity contribution in [2.75, 3.05) is 11.9 Å². The number of nitro groups is 2. The number of hydrogen-bond donors (Lipinski definition) is 1. The molecule has 2 aromatic rings. The summed E-state index contributed by atoms with van der Waals surface area (Å²) in [7, 11) is 0. The lowest BCUT2D eigenvalue weighted by atomic mass is 9.98. The second kappa shape index (κ2) is 6.91. The van der Waals surface area contributed by atoms with Gasteiger partial charge in [-0.15, -0.1) is 11.3 Å². The molecule has 2 rings (SSSR count). The molecule has 1 aromatic heterocycles. The van der Waals surface area contributed by atoms with Crippen molar-refractivity contribution in [2.24, 2.45) is 0 Å². The molecule has 24 heavy (non-hydrogen) atoms. The molecule has 0 unspecified atom stereocenters. The first kappa shape index (κ1) is 17.8. The Bertz CT molecular complexity index is 767. The van der Waals surface area contributed by atoms with E-state index in [4.69, 9.17) is 0 Å². The highest BCUT2D eigenvalue weighted by Crippen LogP contribution is 2.29. The Hall–Kier alpha value is -2.55. The van der Waals surface area contributed by atoms with Crippen LogP contribution in [0, 0.1) is 20.2 Å². The number of nitrogens with one attached hydrogen (secondary N) is 1. The molecule has 0 radical (unpaired) electrons. The molecule has 1 N–H and O–H groups in total. The Kier molecular flexibility index (Phi) is 5.13. The molecular weight excluding hydrogens is 332 g/mol. The van der Waals surface area contributed by atoms with Gasteiger partial charge in [0.25, 0.3) is 11.4 Å². The van der Waals surface area contributed by atoms with Gasteiger partial charge in [-0.3, -0.25) is 20.2 Å². The van der Waals surface area contributed by atoms with Crippen LogP contribution < -0.4 is 5.32 Å². The van der Waals surface area contributed by atoms with Gasteiger partial charge in [0.1, 0.15) is 5.69 Å². The molecule has 0 bridgehead atoms. The molecule has 1 heterocycles. The van der Waals surface area contributed by atoms with Crippen LogP contribution in [0.15, 0.2) is 23.6 Å². The summed E-state index contributed by atoms with van der Waals surface area (Å²) in [5.41, 5.74) is 0.561. The van der Waals surface area contributed by atoms with Crippen LogP contribution in [0.4, 0.5) is 17.1 Å². The predicted octanol–water partition coefficient (Wildman–Crippen LogP) is 3.91. The van der Waals surface area contributed by atoms with E-state index in [0.717, 1.165) is 16.8 Å². The van der Waals surface area contributed by atoms with E-state index in [9.17, 15) is 20.2 Å². The number of thiazole rings is 1. The maximum absolute atomic E-state index is 11.1. The first-order valence-electron chi connectivity index (χ1n) is 7.30. The third-order valence-corrected chi connectivity index (χ3v) is 4.60. The molecule has 0 aliphatic heterocycles. The van der Waals surface area contributed by atoms with Gasteiger partial charge in [0.05, 0.1) is 26.6 Å². The van der Waals surface area contributed by atoms with Gasteiger partial charge in [0.15, 0.2) is 0 Å². The second-order valence-corrected chi connectivity index (χ2v) is 7.14. The van der Waals surface area contributed by atoms with Crippen molar-refractivity contribution in [3.63, 3.8) is 0 Å². The molecule has 0 saturated heterocycles. The first-order valence-corrected chi connectivity index (χ1v) is 8.18. The van der Waals surface area contributed by atoms with Crippen molar-refractivity contribution < 1.29 is 9.85 Å². The van der Waals surface area contributed by atoms with E-state index in [2.05, 4.69) is 31.1 Å². The average Bonchev–Trinajstić information content (AvgIpc) is 2.96. The Morgan fingerprint density at radius 3 is 2.46 bits per heavy atom. The zero-order valence-electron chi connectivity index (χ0n) is 13.6. The molecule has 0 atom stereocenters. The number of nitro benzene ring substituents is 2. The van der Waals surface area contributed by atoms with Gasteiger partial charge in [-0.1, -0.05) is 20.8 Å². The fourth-order valence-corrected chi connectivity index (χ4v) is 2.97. The fourth-order valence-electron chi connectivity index (χ4n) is 2.03. The van der Waals surface area contributed by atoms with Crippen LogP contribution in [0.3, 0.4) is 0 Å². The Balaban J connectivity index is 2.05. The van der Waals surface area contributed by atoms with Crippen LogP contribution >= 0.6 is 11.3 Å². The van der Waals surface area contributed by atoms with Gasteiger partial charge < -0.3 is 5.32 Å². The second-order valence-electron chi connectivity index (χ2n) is 6.29. The van der Waals surface area contributed by atoms with Crippen LogP contribution in [0.5, 0.6) is 0 Å². The molecule has 0 amide bonds. The molecule has 0 saturated carbocycles. The van der Waals surface area contributed by atoms with E-state index in [1.165, 1.54) is 12.1 Å². The van der Waals surface area contributed by atoms with Gasteiger partial charge >= 0.3 is 0 Å². The van der Waals surface area contributed by atoms with Crippen LogP contribution in [-0.4, -0.2) is 21.4 Å². The maximum atomic E-state index is 11.1. The van der Waals surface area contributed by atoms with Crippen molar-refractivity contribution in [3.05, 3.63) is 54.5 Å². The van der Waals surface area contributed by atoms with Gasteiger partial charge in [-0.05, 0) is 6.07 Å². The largest absolute Gasteiger partial charge is 0.379 e. The number of anilines is 1. The summed E-state index contributed by atoms with van der Waals surface area (Å²) in [4.78, 5) is 25.1. The predicted molar refractivity (Wildman–Crippen MR) is 92.8 cm³/mol. The van der Waals surface area contributed by atoms with E-state index in [1.54, 1.807) is 11.3 Å². The molecule has 0 fully saturated rings. The molecule has 8 nitrogen and oxygen atoms in total. The van der Waals surface area contributed by atoms with E-state index in [-0.39, 0.29) is 22.5 Å². The normalized spacial score (nSPS) is 11.3. The highest BCUT2D eigenvalue weighted by Gasteiger charge is 2.20. The number of aromatic nitrogens is 1. The summed E-state index contributed by atoms with van der Waals surface area (Å²) in [6.07, 6.45) is 0.612. The summed E-state index contributed by atoms with van der Waals surface area (Å²) in [6, 6.07) is 3.57. The van der Waals surface area contributed by atoms with Gasteiger partial charge in [-0.25, -0.2) is 4.98 Å². The minimum atomic E-state index is -0.653. The van der Waals surface area contributed by atoms with Gasteiger partial charge in [-0.2, -0.15) is 0 Å². The molecule has 0 spiro atoms. The number of non-ortho nitro benzene ring substituents is 1. The smallest absolute Gasteiger partial charge is 0.299 e. The number of rotatable bonds is 6. The summed E-state index contributed by atoms with van der Waals surface area (Å²) in [5.74, 6) is 0. The lowest BCUT2D eigenvalue weighted by molar-refractivity contribution is -0.393.